The van der Waals surface area contributed by atoms with Crippen molar-refractivity contribution in [3.8, 4) is 11.3 Å². The number of nitrogen functional groups attached to an aromatic ring is 1. The summed E-state index contributed by atoms with van der Waals surface area (Å²) < 4.78 is 0. The molecule has 0 saturated carbocycles. The van der Waals surface area contributed by atoms with E-state index in [1.807, 2.05) is 0 Å². The Hall–Kier alpha value is -1.000. The monoisotopic (exact) mass is 302 g/mol. The molecule has 0 atom stereocenters. The predicted molar refractivity (Wildman–Crippen MR) is 75.0 cm³/mol. The zero-order chi connectivity index (χ0) is 13.3. The first-order valence-corrected chi connectivity index (χ1v) is 6.17. The number of aromatic nitrogens is 1. The fourth-order valence-corrected chi connectivity index (χ4v) is 2.17. The van der Waals surface area contributed by atoms with Gasteiger partial charge in [-0.2, -0.15) is 0 Å². The highest BCUT2D eigenvalue weighted by atomic mass is 35.5. The Balaban J connectivity index is 2.59. The zero-order valence-electron chi connectivity index (χ0n) is 9.12. The Morgan fingerprint density at radius 3 is 2.50 bits per heavy atom. The van der Waals surface area contributed by atoms with Gasteiger partial charge in [0.1, 0.15) is 0 Å². The summed E-state index contributed by atoms with van der Waals surface area (Å²) in [5.74, 6) is 0. The van der Waals surface area contributed by atoms with E-state index in [2.05, 4.69) is 4.98 Å². The molecule has 0 aliphatic carbocycles. The quantitative estimate of drug-likeness (QED) is 0.830. The van der Waals surface area contributed by atoms with Crippen molar-refractivity contribution in [3.63, 3.8) is 0 Å². The van der Waals surface area contributed by atoms with Gasteiger partial charge in [0.05, 0.1) is 33.1 Å². The van der Waals surface area contributed by atoms with E-state index in [0.717, 1.165) is 0 Å². The molecule has 2 aromatic rings. The van der Waals surface area contributed by atoms with Gasteiger partial charge in [0.2, 0.25) is 0 Å². The lowest BCUT2D eigenvalue weighted by Crippen LogP contribution is -1.97. The molecule has 2 rings (SSSR count). The summed E-state index contributed by atoms with van der Waals surface area (Å²) in [6, 6.07) is 4.97. The van der Waals surface area contributed by atoms with E-state index in [-0.39, 0.29) is 11.6 Å². The summed E-state index contributed by atoms with van der Waals surface area (Å²) in [6.07, 6.45) is 1.53. The number of hydrogen-bond acceptors (Lipinski definition) is 3. The second kappa shape index (κ2) is 5.33. The van der Waals surface area contributed by atoms with Crippen LogP contribution in [-0.4, -0.2) is 10.1 Å². The number of pyridine rings is 1. The van der Waals surface area contributed by atoms with Gasteiger partial charge in [0, 0.05) is 11.8 Å². The zero-order valence-corrected chi connectivity index (χ0v) is 11.4. The molecule has 0 spiro atoms. The van der Waals surface area contributed by atoms with Crippen LogP contribution in [0.3, 0.4) is 0 Å². The molecule has 0 aliphatic heterocycles. The average molecular weight is 304 g/mol. The number of hydrogen-bond donors (Lipinski definition) is 2. The summed E-state index contributed by atoms with van der Waals surface area (Å²) in [4.78, 5) is 4.18. The molecule has 3 nitrogen and oxygen atoms in total. The minimum atomic E-state index is -0.118. The summed E-state index contributed by atoms with van der Waals surface area (Å²) in [5.41, 5.74) is 8.04. The number of anilines is 1. The maximum atomic E-state index is 9.00. The fraction of sp³-hybridized carbons (Fsp3) is 0.0833. The van der Waals surface area contributed by atoms with E-state index in [0.29, 0.717) is 32.6 Å². The lowest BCUT2D eigenvalue weighted by atomic mass is 10.1. The van der Waals surface area contributed by atoms with Gasteiger partial charge in [-0.05, 0) is 23.8 Å². The van der Waals surface area contributed by atoms with Crippen LogP contribution < -0.4 is 5.73 Å². The molecule has 0 bridgehead atoms. The summed E-state index contributed by atoms with van der Waals surface area (Å²) in [7, 11) is 0. The third-order valence-electron chi connectivity index (χ3n) is 2.45. The second-order valence-corrected chi connectivity index (χ2v) is 4.83. The predicted octanol–water partition coefficient (Wildman–Crippen LogP) is 3.78. The SMILES string of the molecule is Nc1cc(CO)cnc1-c1ccc(Cl)c(Cl)c1Cl. The maximum absolute atomic E-state index is 9.00. The Labute approximate surface area is 119 Å². The molecule has 0 unspecified atom stereocenters. The molecule has 1 heterocycles. The maximum Gasteiger partial charge on any atom is 0.0946 e. The van der Waals surface area contributed by atoms with Crippen molar-refractivity contribution in [1.82, 2.24) is 4.98 Å². The topological polar surface area (TPSA) is 59.1 Å². The van der Waals surface area contributed by atoms with Crippen LogP contribution in [0.2, 0.25) is 15.1 Å². The molecule has 3 N–H and O–H groups in total. The molecule has 0 radical (unpaired) electrons. The highest BCUT2D eigenvalue weighted by molar-refractivity contribution is 6.49. The van der Waals surface area contributed by atoms with Crippen molar-refractivity contribution < 1.29 is 5.11 Å². The van der Waals surface area contributed by atoms with Crippen molar-refractivity contribution in [2.24, 2.45) is 0 Å². The molecular formula is C12H9Cl3N2O. The van der Waals surface area contributed by atoms with Crippen molar-refractivity contribution in [2.75, 3.05) is 5.73 Å². The van der Waals surface area contributed by atoms with Crippen molar-refractivity contribution in [1.29, 1.82) is 0 Å². The van der Waals surface area contributed by atoms with Gasteiger partial charge in [-0.15, -0.1) is 0 Å². The molecule has 1 aromatic heterocycles. The summed E-state index contributed by atoms with van der Waals surface area (Å²) in [5, 5.41) is 9.94. The molecule has 0 fully saturated rings. The molecule has 94 valence electrons. The highest BCUT2D eigenvalue weighted by Crippen LogP contribution is 2.39. The van der Waals surface area contributed by atoms with Gasteiger partial charge in [0.25, 0.3) is 0 Å². The first-order chi connectivity index (χ1) is 8.54. The van der Waals surface area contributed by atoms with Crippen LogP contribution in [0.25, 0.3) is 11.3 Å². The molecule has 1 aromatic carbocycles. The van der Waals surface area contributed by atoms with Crippen LogP contribution in [0.1, 0.15) is 5.56 Å². The van der Waals surface area contributed by atoms with Crippen molar-refractivity contribution in [2.45, 2.75) is 6.61 Å². The van der Waals surface area contributed by atoms with E-state index in [4.69, 9.17) is 45.6 Å². The van der Waals surface area contributed by atoms with Gasteiger partial charge in [-0.1, -0.05) is 34.8 Å². The molecule has 6 heteroatoms. The van der Waals surface area contributed by atoms with Crippen LogP contribution in [0.5, 0.6) is 0 Å². The minimum Gasteiger partial charge on any atom is -0.397 e. The van der Waals surface area contributed by atoms with Crippen LogP contribution in [0.15, 0.2) is 24.4 Å². The van der Waals surface area contributed by atoms with E-state index in [9.17, 15) is 0 Å². The molecule has 0 aliphatic rings. The summed E-state index contributed by atoms with van der Waals surface area (Å²) >= 11 is 17.9. The fourth-order valence-electron chi connectivity index (χ4n) is 1.55. The third kappa shape index (κ3) is 2.40. The smallest absolute Gasteiger partial charge is 0.0946 e. The van der Waals surface area contributed by atoms with Crippen LogP contribution in [-0.2, 0) is 6.61 Å². The number of nitrogens with two attached hydrogens (primary N) is 1. The van der Waals surface area contributed by atoms with E-state index in [1.165, 1.54) is 6.20 Å². The van der Waals surface area contributed by atoms with Gasteiger partial charge in [-0.25, -0.2) is 0 Å². The van der Waals surface area contributed by atoms with Crippen molar-refractivity contribution >= 4 is 40.5 Å². The number of rotatable bonds is 2. The van der Waals surface area contributed by atoms with Gasteiger partial charge in [0.15, 0.2) is 0 Å². The van der Waals surface area contributed by atoms with Crippen LogP contribution in [0, 0.1) is 0 Å². The first kappa shape index (κ1) is 13.4. The van der Waals surface area contributed by atoms with Crippen LogP contribution >= 0.6 is 34.8 Å². The number of halogens is 3. The van der Waals surface area contributed by atoms with Gasteiger partial charge < -0.3 is 10.8 Å². The second-order valence-electron chi connectivity index (χ2n) is 3.66. The van der Waals surface area contributed by atoms with E-state index < -0.39 is 0 Å². The Bertz CT molecular complexity index is 602. The molecule has 0 saturated heterocycles. The average Bonchev–Trinajstić information content (AvgIpc) is 2.37. The Kier molecular flexibility index (Phi) is 3.97. The number of aliphatic hydroxyl groups excluding tert-OH is 1. The van der Waals surface area contributed by atoms with Crippen LogP contribution in [0.4, 0.5) is 5.69 Å². The Morgan fingerprint density at radius 2 is 1.89 bits per heavy atom. The van der Waals surface area contributed by atoms with E-state index >= 15 is 0 Å². The normalized spacial score (nSPS) is 10.7. The van der Waals surface area contributed by atoms with Gasteiger partial charge in [-0.3, -0.25) is 4.98 Å². The molecule has 0 amide bonds. The lowest BCUT2D eigenvalue weighted by Gasteiger charge is -2.10. The first-order valence-electron chi connectivity index (χ1n) is 5.03. The Morgan fingerprint density at radius 1 is 1.17 bits per heavy atom. The standard InChI is InChI=1S/C12H9Cl3N2O/c13-8-2-1-7(10(14)11(8)15)12-9(16)3-6(5-18)4-17-12/h1-4,18H,5,16H2. The third-order valence-corrected chi connectivity index (χ3v) is 3.74. The number of nitrogens with zero attached hydrogens (tertiary/aromatic N) is 1. The highest BCUT2D eigenvalue weighted by Gasteiger charge is 2.14. The number of benzene rings is 1. The molecule has 18 heavy (non-hydrogen) atoms. The van der Waals surface area contributed by atoms with Gasteiger partial charge >= 0.3 is 0 Å². The number of aliphatic hydroxyl groups is 1. The largest absolute Gasteiger partial charge is 0.397 e. The minimum absolute atomic E-state index is 0.118. The molecular weight excluding hydrogens is 295 g/mol. The van der Waals surface area contributed by atoms with Crippen molar-refractivity contribution in [3.05, 3.63) is 45.0 Å². The summed E-state index contributed by atoms with van der Waals surface area (Å²) in [6.45, 7) is -0.118. The lowest BCUT2D eigenvalue weighted by molar-refractivity contribution is 0.281. The van der Waals surface area contributed by atoms with E-state index in [1.54, 1.807) is 18.2 Å².